The number of piperazine rings is 1. The molecular formula is C25H23FN4O2S. The number of hydrogen-bond donors (Lipinski definition) is 0. The first kappa shape index (κ1) is 21.3. The molecule has 2 aromatic carbocycles. The highest BCUT2D eigenvalue weighted by Gasteiger charge is 2.29. The molecule has 6 nitrogen and oxygen atoms in total. The number of aromatic nitrogens is 2. The van der Waals surface area contributed by atoms with E-state index in [9.17, 15) is 14.0 Å². The number of amides is 2. The monoisotopic (exact) mass is 462 g/mol. The van der Waals surface area contributed by atoms with Crippen LogP contribution in [-0.4, -0.2) is 57.6 Å². The van der Waals surface area contributed by atoms with Gasteiger partial charge in [-0.1, -0.05) is 24.3 Å². The highest BCUT2D eigenvalue weighted by Crippen LogP contribution is 2.31. The van der Waals surface area contributed by atoms with Crippen molar-refractivity contribution in [3.8, 4) is 5.69 Å². The van der Waals surface area contributed by atoms with Crippen molar-refractivity contribution in [3.05, 3.63) is 82.2 Å². The number of carbonyl (C=O) groups is 2. The predicted molar refractivity (Wildman–Crippen MR) is 127 cm³/mol. The summed E-state index contributed by atoms with van der Waals surface area (Å²) < 4.78 is 16.2. The van der Waals surface area contributed by atoms with Crippen LogP contribution >= 0.6 is 11.3 Å². The van der Waals surface area contributed by atoms with Gasteiger partial charge in [0, 0.05) is 37.1 Å². The minimum atomic E-state index is -0.358. The summed E-state index contributed by atoms with van der Waals surface area (Å²) in [4.78, 5) is 30.7. The second-order valence-corrected chi connectivity index (χ2v) is 9.24. The highest BCUT2D eigenvalue weighted by atomic mass is 32.1. The number of thiophene rings is 1. The lowest BCUT2D eigenvalue weighted by molar-refractivity contribution is 0.0537. The van der Waals surface area contributed by atoms with Gasteiger partial charge in [-0.05, 0) is 49.1 Å². The van der Waals surface area contributed by atoms with Gasteiger partial charge in [0.2, 0.25) is 0 Å². The van der Waals surface area contributed by atoms with Crippen molar-refractivity contribution in [2.75, 3.05) is 26.2 Å². The van der Waals surface area contributed by atoms with Gasteiger partial charge in [-0.3, -0.25) is 9.59 Å². The molecule has 0 radical (unpaired) electrons. The third-order valence-electron chi connectivity index (χ3n) is 6.09. The number of fused-ring (bicyclic) bond motifs is 1. The summed E-state index contributed by atoms with van der Waals surface area (Å²) in [5, 5.41) is 5.51. The normalized spacial score (nSPS) is 14.2. The number of carbonyl (C=O) groups excluding carboxylic acids is 2. The van der Waals surface area contributed by atoms with Crippen LogP contribution in [0.1, 0.15) is 31.3 Å². The Morgan fingerprint density at radius 1 is 0.939 bits per heavy atom. The summed E-state index contributed by atoms with van der Waals surface area (Å²) in [5.41, 5.74) is 2.65. The summed E-state index contributed by atoms with van der Waals surface area (Å²) in [6, 6.07) is 14.1. The lowest BCUT2D eigenvalue weighted by atomic mass is 10.1. The number of halogens is 1. The van der Waals surface area contributed by atoms with Crippen LogP contribution in [0.2, 0.25) is 0 Å². The standard InChI is InChI=1S/C25H23FN4O2S/c1-16-20-8-3-4-9-22(20)33-23(16)25(32)29-12-10-28(11-13-29)24(31)21-15-30(27-17(21)2)19-7-5-6-18(26)14-19/h3-9,14-15H,10-13H2,1-2H3. The van der Waals surface area contributed by atoms with Crippen molar-refractivity contribution in [1.29, 1.82) is 0 Å². The van der Waals surface area contributed by atoms with Crippen LogP contribution < -0.4 is 0 Å². The lowest BCUT2D eigenvalue weighted by Crippen LogP contribution is -2.50. The minimum Gasteiger partial charge on any atom is -0.335 e. The van der Waals surface area contributed by atoms with Crippen molar-refractivity contribution in [2.24, 2.45) is 0 Å². The van der Waals surface area contributed by atoms with Gasteiger partial charge in [0.25, 0.3) is 11.8 Å². The molecule has 1 saturated heterocycles. The summed E-state index contributed by atoms with van der Waals surface area (Å²) in [6.07, 6.45) is 1.64. The molecule has 1 aliphatic rings. The van der Waals surface area contributed by atoms with Crippen LogP contribution in [0.3, 0.4) is 0 Å². The minimum absolute atomic E-state index is 0.0240. The van der Waals surface area contributed by atoms with E-state index in [-0.39, 0.29) is 17.6 Å². The maximum Gasteiger partial charge on any atom is 0.264 e. The zero-order valence-electron chi connectivity index (χ0n) is 18.4. The molecule has 33 heavy (non-hydrogen) atoms. The van der Waals surface area contributed by atoms with E-state index < -0.39 is 0 Å². The molecule has 168 valence electrons. The topological polar surface area (TPSA) is 58.4 Å². The van der Waals surface area contributed by atoms with Gasteiger partial charge in [0.15, 0.2) is 0 Å². The number of hydrogen-bond acceptors (Lipinski definition) is 4. The smallest absolute Gasteiger partial charge is 0.264 e. The SMILES string of the molecule is Cc1nn(-c2cccc(F)c2)cc1C(=O)N1CCN(C(=O)c2sc3ccccc3c2C)CC1. The zero-order chi connectivity index (χ0) is 23.1. The third kappa shape index (κ3) is 3.91. The Balaban J connectivity index is 1.29. The van der Waals surface area contributed by atoms with Crippen LogP contribution in [0.25, 0.3) is 15.8 Å². The molecule has 0 bridgehead atoms. The molecule has 4 aromatic rings. The molecule has 8 heteroatoms. The third-order valence-corrected chi connectivity index (χ3v) is 7.35. The molecule has 0 saturated carbocycles. The number of rotatable bonds is 3. The van der Waals surface area contributed by atoms with E-state index in [2.05, 4.69) is 5.10 Å². The van der Waals surface area contributed by atoms with Crippen LogP contribution in [-0.2, 0) is 0 Å². The van der Waals surface area contributed by atoms with Gasteiger partial charge in [-0.15, -0.1) is 11.3 Å². The fourth-order valence-corrected chi connectivity index (χ4v) is 5.40. The molecular weight excluding hydrogens is 439 g/mol. The van der Waals surface area contributed by atoms with Crippen molar-refractivity contribution in [1.82, 2.24) is 19.6 Å². The van der Waals surface area contributed by atoms with Crippen molar-refractivity contribution >= 4 is 33.2 Å². The summed E-state index contributed by atoms with van der Waals surface area (Å²) in [7, 11) is 0. The Hall–Kier alpha value is -3.52. The fraction of sp³-hybridized carbons (Fsp3) is 0.240. The van der Waals surface area contributed by atoms with E-state index in [1.54, 1.807) is 30.2 Å². The van der Waals surface area contributed by atoms with Crippen LogP contribution in [0.4, 0.5) is 4.39 Å². The molecule has 5 rings (SSSR count). The van der Waals surface area contributed by atoms with E-state index in [0.717, 1.165) is 20.5 Å². The van der Waals surface area contributed by atoms with E-state index in [0.29, 0.717) is 43.1 Å². The molecule has 0 N–H and O–H groups in total. The first-order chi connectivity index (χ1) is 15.9. The van der Waals surface area contributed by atoms with E-state index in [1.807, 2.05) is 36.1 Å². The average Bonchev–Trinajstić information content (AvgIpc) is 3.38. The van der Waals surface area contributed by atoms with E-state index in [1.165, 1.54) is 28.2 Å². The van der Waals surface area contributed by atoms with Gasteiger partial charge < -0.3 is 9.80 Å². The lowest BCUT2D eigenvalue weighted by Gasteiger charge is -2.34. The average molecular weight is 463 g/mol. The molecule has 3 heterocycles. The Labute approximate surface area is 194 Å². The quantitative estimate of drug-likeness (QED) is 0.452. The van der Waals surface area contributed by atoms with Crippen LogP contribution in [0.15, 0.2) is 54.7 Å². The van der Waals surface area contributed by atoms with E-state index in [4.69, 9.17) is 0 Å². The van der Waals surface area contributed by atoms with Crippen molar-refractivity contribution in [3.63, 3.8) is 0 Å². The van der Waals surface area contributed by atoms with Gasteiger partial charge in [0.1, 0.15) is 5.82 Å². The van der Waals surface area contributed by atoms with Gasteiger partial charge >= 0.3 is 0 Å². The molecule has 0 atom stereocenters. The summed E-state index contributed by atoms with van der Waals surface area (Å²) in [6.45, 7) is 5.64. The largest absolute Gasteiger partial charge is 0.335 e. The Bertz CT molecular complexity index is 1370. The Kier molecular flexibility index (Phi) is 5.46. The molecule has 1 fully saturated rings. The maximum absolute atomic E-state index is 13.6. The second-order valence-electron chi connectivity index (χ2n) is 8.19. The number of aryl methyl sites for hydroxylation is 2. The van der Waals surface area contributed by atoms with Gasteiger partial charge in [-0.2, -0.15) is 5.10 Å². The molecule has 2 amide bonds. The van der Waals surface area contributed by atoms with Crippen LogP contribution in [0.5, 0.6) is 0 Å². The second kappa shape index (κ2) is 8.44. The van der Waals surface area contributed by atoms with Crippen LogP contribution in [0, 0.1) is 19.7 Å². The zero-order valence-corrected chi connectivity index (χ0v) is 19.2. The van der Waals surface area contributed by atoms with E-state index >= 15 is 0 Å². The Morgan fingerprint density at radius 3 is 2.33 bits per heavy atom. The summed E-state index contributed by atoms with van der Waals surface area (Å²) >= 11 is 1.52. The van der Waals surface area contributed by atoms with Crippen molar-refractivity contribution < 1.29 is 14.0 Å². The fourth-order valence-electron chi connectivity index (χ4n) is 4.23. The first-order valence-corrected chi connectivity index (χ1v) is 11.6. The maximum atomic E-state index is 13.6. The number of nitrogens with zero attached hydrogens (tertiary/aromatic N) is 4. The molecule has 1 aliphatic heterocycles. The first-order valence-electron chi connectivity index (χ1n) is 10.8. The molecule has 0 spiro atoms. The number of benzene rings is 2. The molecule has 0 unspecified atom stereocenters. The van der Waals surface area contributed by atoms with Gasteiger partial charge in [0.05, 0.1) is 21.8 Å². The van der Waals surface area contributed by atoms with Gasteiger partial charge in [-0.25, -0.2) is 9.07 Å². The Morgan fingerprint density at radius 2 is 1.64 bits per heavy atom. The molecule has 0 aliphatic carbocycles. The summed E-state index contributed by atoms with van der Waals surface area (Å²) in [5.74, 6) is -0.459. The predicted octanol–water partition coefficient (Wildman–Crippen LogP) is 4.44. The highest BCUT2D eigenvalue weighted by molar-refractivity contribution is 7.21. The molecule has 2 aromatic heterocycles. The van der Waals surface area contributed by atoms with Crippen molar-refractivity contribution in [2.45, 2.75) is 13.8 Å².